The summed E-state index contributed by atoms with van der Waals surface area (Å²) in [5.41, 5.74) is 9.25. The topological polar surface area (TPSA) is 64.3 Å². The molecule has 108 valence electrons. The molecule has 0 radical (unpaired) electrons. The Kier molecular flexibility index (Phi) is 4.03. The number of nitrogens with two attached hydrogens (primary N) is 1. The van der Waals surface area contributed by atoms with Crippen LogP contribution in [0.2, 0.25) is 0 Å². The Morgan fingerprint density at radius 1 is 1.40 bits per heavy atom. The minimum absolute atomic E-state index is 0.0312. The van der Waals surface area contributed by atoms with Gasteiger partial charge in [0.1, 0.15) is 0 Å². The van der Waals surface area contributed by atoms with Crippen molar-refractivity contribution < 1.29 is 9.53 Å². The summed E-state index contributed by atoms with van der Waals surface area (Å²) in [6.45, 7) is 1.61. The number of hydrogen-bond acceptors (Lipinski definition) is 3. The minimum Gasteiger partial charge on any atom is -0.378 e. The van der Waals surface area contributed by atoms with E-state index in [2.05, 4.69) is 17.4 Å². The molecule has 0 saturated carbocycles. The smallest absolute Gasteiger partial charge is 0.251 e. The number of carbonyl (C=O) groups is 1. The van der Waals surface area contributed by atoms with Gasteiger partial charge in [0.25, 0.3) is 5.91 Å². The average molecular weight is 274 g/mol. The van der Waals surface area contributed by atoms with Crippen molar-refractivity contribution in [2.24, 2.45) is 5.73 Å². The van der Waals surface area contributed by atoms with Crippen LogP contribution in [0.25, 0.3) is 0 Å². The number of amides is 1. The number of hydrogen-bond donors (Lipinski definition) is 2. The molecule has 0 aliphatic carbocycles. The fourth-order valence-corrected chi connectivity index (χ4v) is 3.08. The molecule has 0 spiro atoms. The summed E-state index contributed by atoms with van der Waals surface area (Å²) in [6.07, 6.45) is 5.29. The predicted molar refractivity (Wildman–Crippen MR) is 77.6 cm³/mol. The van der Waals surface area contributed by atoms with Gasteiger partial charge in [-0.1, -0.05) is 12.1 Å². The van der Waals surface area contributed by atoms with E-state index in [0.29, 0.717) is 0 Å². The van der Waals surface area contributed by atoms with E-state index in [1.165, 1.54) is 0 Å². The number of carbonyl (C=O) groups excluding carboxylic acids is 1. The van der Waals surface area contributed by atoms with E-state index in [-0.39, 0.29) is 18.1 Å². The molecule has 0 bridgehead atoms. The van der Waals surface area contributed by atoms with E-state index in [4.69, 9.17) is 10.5 Å². The van der Waals surface area contributed by atoms with Crippen LogP contribution in [0.4, 0.5) is 0 Å². The Balaban J connectivity index is 1.78. The Bertz CT molecular complexity index is 495. The summed E-state index contributed by atoms with van der Waals surface area (Å²) in [5.74, 6) is 0.0312. The lowest BCUT2D eigenvalue weighted by molar-refractivity contribution is 0.0956. The zero-order valence-electron chi connectivity index (χ0n) is 11.7. The molecule has 2 aliphatic rings. The molecule has 20 heavy (non-hydrogen) atoms. The van der Waals surface area contributed by atoms with Gasteiger partial charge in [0, 0.05) is 24.8 Å². The molecule has 1 saturated heterocycles. The molecule has 1 fully saturated rings. The van der Waals surface area contributed by atoms with Gasteiger partial charge in [-0.3, -0.25) is 4.79 Å². The van der Waals surface area contributed by atoms with Gasteiger partial charge < -0.3 is 15.8 Å². The molecule has 1 aromatic rings. The Labute approximate surface area is 119 Å². The van der Waals surface area contributed by atoms with Crippen LogP contribution in [-0.4, -0.2) is 25.2 Å². The molecule has 4 heteroatoms. The third-order valence-electron chi connectivity index (χ3n) is 4.26. The van der Waals surface area contributed by atoms with E-state index in [0.717, 1.165) is 61.9 Å². The second-order valence-electron chi connectivity index (χ2n) is 5.75. The van der Waals surface area contributed by atoms with Gasteiger partial charge in [0.15, 0.2) is 0 Å². The lowest BCUT2D eigenvalue weighted by atomic mass is 9.95. The first-order chi connectivity index (χ1) is 9.74. The van der Waals surface area contributed by atoms with E-state index in [9.17, 15) is 4.79 Å². The van der Waals surface area contributed by atoms with Gasteiger partial charge in [0.05, 0.1) is 6.10 Å². The average Bonchev–Trinajstić information content (AvgIpc) is 2.89. The standard InChI is InChI=1S/C16H22N2O2/c17-15(10-13-4-2-8-20-13)12-6-5-11-3-1-7-18-16(19)14(11)9-12/h5-6,9,13,15H,1-4,7-8,10,17H2,(H,18,19). The molecule has 2 atom stereocenters. The van der Waals surface area contributed by atoms with Crippen molar-refractivity contribution >= 4 is 5.91 Å². The zero-order valence-corrected chi connectivity index (χ0v) is 11.7. The lowest BCUT2D eigenvalue weighted by Crippen LogP contribution is -2.23. The van der Waals surface area contributed by atoms with Crippen molar-refractivity contribution in [2.75, 3.05) is 13.2 Å². The van der Waals surface area contributed by atoms with Gasteiger partial charge in [-0.25, -0.2) is 0 Å². The first-order valence-corrected chi connectivity index (χ1v) is 7.52. The summed E-state index contributed by atoms with van der Waals surface area (Å²) in [6, 6.07) is 6.04. The molecular weight excluding hydrogens is 252 g/mol. The van der Waals surface area contributed by atoms with Crippen LogP contribution in [-0.2, 0) is 11.2 Å². The summed E-state index contributed by atoms with van der Waals surface area (Å²) >= 11 is 0. The molecule has 3 N–H and O–H groups in total. The van der Waals surface area contributed by atoms with Crippen LogP contribution in [0.3, 0.4) is 0 Å². The monoisotopic (exact) mass is 274 g/mol. The van der Waals surface area contributed by atoms with Crippen molar-refractivity contribution in [1.29, 1.82) is 0 Å². The van der Waals surface area contributed by atoms with Crippen LogP contribution < -0.4 is 11.1 Å². The van der Waals surface area contributed by atoms with Crippen molar-refractivity contribution in [1.82, 2.24) is 5.32 Å². The van der Waals surface area contributed by atoms with E-state index in [1.807, 2.05) is 6.07 Å². The number of fused-ring (bicyclic) bond motifs is 1. The van der Waals surface area contributed by atoms with Crippen LogP contribution in [0.1, 0.15) is 53.2 Å². The second-order valence-corrected chi connectivity index (χ2v) is 5.75. The highest BCUT2D eigenvalue weighted by atomic mass is 16.5. The highest BCUT2D eigenvalue weighted by Gasteiger charge is 2.21. The molecule has 2 heterocycles. The SMILES string of the molecule is NC(CC1CCCO1)c1ccc2c(c1)C(=O)NCCC2. The molecule has 2 unspecified atom stereocenters. The maximum absolute atomic E-state index is 12.0. The predicted octanol–water partition coefficient (Wildman–Crippen LogP) is 1.93. The van der Waals surface area contributed by atoms with Crippen molar-refractivity contribution in [3.05, 3.63) is 34.9 Å². The normalized spacial score (nSPS) is 23.9. The second kappa shape index (κ2) is 5.94. The largest absolute Gasteiger partial charge is 0.378 e. The number of aryl methyl sites for hydroxylation is 1. The molecule has 1 aromatic carbocycles. The van der Waals surface area contributed by atoms with Crippen LogP contribution >= 0.6 is 0 Å². The highest BCUT2D eigenvalue weighted by Crippen LogP contribution is 2.26. The summed E-state index contributed by atoms with van der Waals surface area (Å²) in [7, 11) is 0. The Morgan fingerprint density at radius 3 is 3.10 bits per heavy atom. The summed E-state index contributed by atoms with van der Waals surface area (Å²) in [4.78, 5) is 12.0. The fourth-order valence-electron chi connectivity index (χ4n) is 3.08. The molecule has 2 aliphatic heterocycles. The third-order valence-corrected chi connectivity index (χ3v) is 4.26. The number of rotatable bonds is 3. The quantitative estimate of drug-likeness (QED) is 0.885. The van der Waals surface area contributed by atoms with Gasteiger partial charge in [-0.2, -0.15) is 0 Å². The molecule has 4 nitrogen and oxygen atoms in total. The maximum atomic E-state index is 12.0. The molecule has 0 aromatic heterocycles. The third kappa shape index (κ3) is 2.86. The van der Waals surface area contributed by atoms with Gasteiger partial charge >= 0.3 is 0 Å². The van der Waals surface area contributed by atoms with Crippen LogP contribution in [0, 0.1) is 0 Å². The first kappa shape index (κ1) is 13.6. The van der Waals surface area contributed by atoms with E-state index >= 15 is 0 Å². The summed E-state index contributed by atoms with van der Waals surface area (Å²) in [5, 5.41) is 2.94. The van der Waals surface area contributed by atoms with E-state index < -0.39 is 0 Å². The van der Waals surface area contributed by atoms with Crippen molar-refractivity contribution in [2.45, 2.75) is 44.2 Å². The Hall–Kier alpha value is -1.39. The van der Waals surface area contributed by atoms with Crippen molar-refractivity contribution in [3.63, 3.8) is 0 Å². The first-order valence-electron chi connectivity index (χ1n) is 7.52. The molecule has 1 amide bonds. The number of benzene rings is 1. The number of nitrogens with one attached hydrogen (secondary N) is 1. The molecular formula is C16H22N2O2. The maximum Gasteiger partial charge on any atom is 0.251 e. The zero-order chi connectivity index (χ0) is 13.9. The number of ether oxygens (including phenoxy) is 1. The summed E-state index contributed by atoms with van der Waals surface area (Å²) < 4.78 is 5.64. The van der Waals surface area contributed by atoms with E-state index in [1.54, 1.807) is 0 Å². The molecule has 3 rings (SSSR count). The van der Waals surface area contributed by atoms with Crippen LogP contribution in [0.15, 0.2) is 18.2 Å². The van der Waals surface area contributed by atoms with Crippen molar-refractivity contribution in [3.8, 4) is 0 Å². The van der Waals surface area contributed by atoms with Gasteiger partial charge in [-0.05, 0) is 49.3 Å². The minimum atomic E-state index is -0.0561. The lowest BCUT2D eigenvalue weighted by Gasteiger charge is -2.18. The van der Waals surface area contributed by atoms with Gasteiger partial charge in [-0.15, -0.1) is 0 Å². The Morgan fingerprint density at radius 2 is 2.30 bits per heavy atom. The highest BCUT2D eigenvalue weighted by molar-refractivity contribution is 5.96. The van der Waals surface area contributed by atoms with Crippen LogP contribution in [0.5, 0.6) is 0 Å². The fraction of sp³-hybridized carbons (Fsp3) is 0.562. The van der Waals surface area contributed by atoms with Gasteiger partial charge in [0.2, 0.25) is 0 Å².